The average molecular weight is 558 g/mol. The molecule has 3 amide bonds. The van der Waals surface area contributed by atoms with Crippen LogP contribution in [0.2, 0.25) is 0 Å². The molecular formula is C29H39N3O6S. The summed E-state index contributed by atoms with van der Waals surface area (Å²) in [5, 5.41) is 18.6. The molecule has 1 aliphatic rings. The fraction of sp³-hybridized carbons (Fsp3) is 0.517. The Hall–Kier alpha value is -3.11. The highest BCUT2D eigenvalue weighted by Gasteiger charge is 2.35. The van der Waals surface area contributed by atoms with E-state index in [0.29, 0.717) is 25.0 Å². The van der Waals surface area contributed by atoms with Gasteiger partial charge in [-0.25, -0.2) is 14.7 Å². The second-order valence-corrected chi connectivity index (χ2v) is 11.0. The minimum atomic E-state index is -1.20. The molecule has 2 aromatic rings. The van der Waals surface area contributed by atoms with Gasteiger partial charge in [-0.3, -0.25) is 14.4 Å². The first-order valence-electron chi connectivity index (χ1n) is 13.5. The van der Waals surface area contributed by atoms with E-state index < -0.39 is 36.1 Å². The first kappa shape index (κ1) is 30.4. The second kappa shape index (κ2) is 14.9. The molecule has 3 rings (SSSR count). The van der Waals surface area contributed by atoms with Crippen LogP contribution < -0.4 is 10.6 Å². The first-order valence-corrected chi connectivity index (χ1v) is 14.9. The molecule has 39 heavy (non-hydrogen) atoms. The van der Waals surface area contributed by atoms with Crippen molar-refractivity contribution >= 4 is 46.2 Å². The number of nitrogens with one attached hydrogen (secondary N) is 2. The van der Waals surface area contributed by atoms with Gasteiger partial charge in [0, 0.05) is 12.8 Å². The quantitative estimate of drug-likeness (QED) is 0.224. The monoisotopic (exact) mass is 557 g/mol. The molecule has 1 unspecified atom stereocenters. The number of rotatable bonds is 15. The fourth-order valence-electron chi connectivity index (χ4n) is 4.50. The number of aliphatic carboxylic acids is 1. The number of benzene rings is 2. The van der Waals surface area contributed by atoms with Crippen LogP contribution in [0.25, 0.3) is 10.8 Å². The van der Waals surface area contributed by atoms with Gasteiger partial charge in [0.05, 0.1) is 0 Å². The summed E-state index contributed by atoms with van der Waals surface area (Å²) in [7, 11) is 0. The molecule has 0 saturated carbocycles. The van der Waals surface area contributed by atoms with Crippen LogP contribution in [0.3, 0.4) is 0 Å². The van der Waals surface area contributed by atoms with Crippen LogP contribution in [0, 0.1) is 5.92 Å². The number of nitrogens with zero attached hydrogens (tertiary/aromatic N) is 1. The molecule has 4 atom stereocenters. The number of aryl methyl sites for hydroxylation is 1. The third-order valence-electron chi connectivity index (χ3n) is 7.02. The van der Waals surface area contributed by atoms with Crippen LogP contribution in [-0.4, -0.2) is 64.2 Å². The van der Waals surface area contributed by atoms with Crippen molar-refractivity contribution in [2.45, 2.75) is 77.1 Å². The zero-order valence-corrected chi connectivity index (χ0v) is 23.7. The van der Waals surface area contributed by atoms with Crippen molar-refractivity contribution < 1.29 is 29.1 Å². The Bertz CT molecular complexity index is 1160. The number of hydrogen-bond acceptors (Lipinski definition) is 6. The Balaban J connectivity index is 1.80. The number of carbonyl (C=O) groups is 4. The van der Waals surface area contributed by atoms with Crippen molar-refractivity contribution in [3.63, 3.8) is 0 Å². The van der Waals surface area contributed by atoms with Gasteiger partial charge in [0.15, 0.2) is 12.3 Å². The third kappa shape index (κ3) is 8.96. The van der Waals surface area contributed by atoms with E-state index in [1.165, 1.54) is 11.8 Å². The summed E-state index contributed by atoms with van der Waals surface area (Å²) in [6.07, 6.45) is 3.43. The van der Waals surface area contributed by atoms with Crippen molar-refractivity contribution in [3.8, 4) is 0 Å². The van der Waals surface area contributed by atoms with Gasteiger partial charge in [0.1, 0.15) is 6.04 Å². The SMILES string of the molecule is CC[C@H](C)CC(NC(=O)[C@@H]1CCC(=O)N1)ON(C(=O)CCc1ccc2ccccc2c1)[C@@H](CCSC)C(=O)O. The van der Waals surface area contributed by atoms with Crippen molar-refractivity contribution in [2.24, 2.45) is 5.92 Å². The van der Waals surface area contributed by atoms with Gasteiger partial charge in [0.2, 0.25) is 17.7 Å². The summed E-state index contributed by atoms with van der Waals surface area (Å²) in [4.78, 5) is 56.4. The maximum atomic E-state index is 13.5. The Morgan fingerprint density at radius 2 is 1.95 bits per heavy atom. The van der Waals surface area contributed by atoms with E-state index in [1.807, 2.05) is 62.6 Å². The molecule has 1 fully saturated rings. The Labute approximate surface area is 234 Å². The van der Waals surface area contributed by atoms with Crippen LogP contribution in [-0.2, 0) is 30.4 Å². The average Bonchev–Trinajstić information content (AvgIpc) is 3.37. The lowest BCUT2D eigenvalue weighted by molar-refractivity contribution is -0.233. The van der Waals surface area contributed by atoms with Crippen LogP contribution in [0.5, 0.6) is 0 Å². The highest BCUT2D eigenvalue weighted by molar-refractivity contribution is 7.98. The number of carboxylic acid groups (broad SMARTS) is 1. The number of fused-ring (bicyclic) bond motifs is 1. The Morgan fingerprint density at radius 3 is 2.59 bits per heavy atom. The zero-order valence-electron chi connectivity index (χ0n) is 22.9. The number of carbonyl (C=O) groups excluding carboxylic acids is 3. The largest absolute Gasteiger partial charge is 0.480 e. The van der Waals surface area contributed by atoms with E-state index in [0.717, 1.165) is 27.8 Å². The Kier molecular flexibility index (Phi) is 11.6. The van der Waals surface area contributed by atoms with Gasteiger partial charge in [-0.15, -0.1) is 0 Å². The fourth-order valence-corrected chi connectivity index (χ4v) is 4.96. The lowest BCUT2D eigenvalue weighted by Crippen LogP contribution is -2.53. The van der Waals surface area contributed by atoms with Crippen molar-refractivity contribution in [1.29, 1.82) is 0 Å². The zero-order chi connectivity index (χ0) is 28.4. The summed E-state index contributed by atoms with van der Waals surface area (Å²) < 4.78 is 0. The minimum absolute atomic E-state index is 0.0457. The van der Waals surface area contributed by atoms with Gasteiger partial charge < -0.3 is 15.7 Å². The first-order chi connectivity index (χ1) is 18.7. The highest BCUT2D eigenvalue weighted by Crippen LogP contribution is 2.21. The maximum Gasteiger partial charge on any atom is 0.329 e. The van der Waals surface area contributed by atoms with Crippen LogP contribution in [0.15, 0.2) is 42.5 Å². The van der Waals surface area contributed by atoms with Gasteiger partial charge >= 0.3 is 5.97 Å². The minimum Gasteiger partial charge on any atom is -0.480 e. The topological polar surface area (TPSA) is 125 Å². The molecule has 1 heterocycles. The molecular weight excluding hydrogens is 518 g/mol. The van der Waals surface area contributed by atoms with E-state index in [-0.39, 0.29) is 31.1 Å². The van der Waals surface area contributed by atoms with Gasteiger partial charge in [0.25, 0.3) is 0 Å². The number of carboxylic acids is 1. The van der Waals surface area contributed by atoms with E-state index in [1.54, 1.807) is 0 Å². The molecule has 2 aromatic carbocycles. The molecule has 3 N–H and O–H groups in total. The highest BCUT2D eigenvalue weighted by atomic mass is 32.2. The molecule has 0 radical (unpaired) electrons. The van der Waals surface area contributed by atoms with E-state index in [2.05, 4.69) is 10.6 Å². The summed E-state index contributed by atoms with van der Waals surface area (Å²) in [6.45, 7) is 4.00. The van der Waals surface area contributed by atoms with Crippen LogP contribution in [0.1, 0.15) is 57.9 Å². The second-order valence-electron chi connectivity index (χ2n) is 10.0. The van der Waals surface area contributed by atoms with Crippen LogP contribution in [0.4, 0.5) is 0 Å². The summed E-state index contributed by atoms with van der Waals surface area (Å²) >= 11 is 1.48. The molecule has 10 heteroatoms. The van der Waals surface area contributed by atoms with Crippen molar-refractivity contribution in [1.82, 2.24) is 15.7 Å². The summed E-state index contributed by atoms with van der Waals surface area (Å²) in [5.41, 5.74) is 0.958. The number of hydroxylamine groups is 2. The van der Waals surface area contributed by atoms with Crippen molar-refractivity contribution in [2.75, 3.05) is 12.0 Å². The van der Waals surface area contributed by atoms with Gasteiger partial charge in [-0.05, 0) is 59.9 Å². The molecule has 212 valence electrons. The number of thioether (sulfide) groups is 1. The lowest BCUT2D eigenvalue weighted by Gasteiger charge is -2.33. The van der Waals surface area contributed by atoms with E-state index in [4.69, 9.17) is 4.84 Å². The standard InChI is InChI=1S/C29H39N3O6S/c1-4-19(2)17-26(31-28(35)23-12-13-25(33)30-23)38-32(24(29(36)37)15-16-39-3)27(34)14-10-20-9-11-21-7-5-6-8-22(21)18-20/h5-9,11,18-19,23-24,26H,4,10,12-17H2,1-3H3,(H,30,33)(H,31,35)(H,36,37)/t19-,23-,24-,26?/m0/s1. The molecule has 0 aliphatic carbocycles. The predicted molar refractivity (Wildman–Crippen MR) is 152 cm³/mol. The van der Waals surface area contributed by atoms with Crippen molar-refractivity contribution in [3.05, 3.63) is 48.0 Å². The van der Waals surface area contributed by atoms with Gasteiger partial charge in [-0.1, -0.05) is 62.7 Å². The number of hydrogen-bond donors (Lipinski definition) is 3. The van der Waals surface area contributed by atoms with E-state index in [9.17, 15) is 24.3 Å². The molecule has 1 saturated heterocycles. The number of amides is 3. The molecule has 0 bridgehead atoms. The molecule has 0 aromatic heterocycles. The normalized spacial score (nSPS) is 17.3. The van der Waals surface area contributed by atoms with Gasteiger partial charge in [-0.2, -0.15) is 11.8 Å². The predicted octanol–water partition coefficient (Wildman–Crippen LogP) is 3.90. The summed E-state index contributed by atoms with van der Waals surface area (Å²) in [5.74, 6) is -1.58. The summed E-state index contributed by atoms with van der Waals surface area (Å²) in [6, 6.07) is 12.1. The molecule has 9 nitrogen and oxygen atoms in total. The molecule has 0 spiro atoms. The molecule has 1 aliphatic heterocycles. The Morgan fingerprint density at radius 1 is 1.21 bits per heavy atom. The van der Waals surface area contributed by atoms with Crippen LogP contribution >= 0.6 is 11.8 Å². The smallest absolute Gasteiger partial charge is 0.329 e. The maximum absolute atomic E-state index is 13.5. The third-order valence-corrected chi connectivity index (χ3v) is 7.66. The van der Waals surface area contributed by atoms with E-state index >= 15 is 0 Å². The lowest BCUT2D eigenvalue weighted by atomic mass is 10.0.